The van der Waals surface area contributed by atoms with Gasteiger partial charge in [-0.25, -0.2) is 15.0 Å². The minimum Gasteiger partial charge on any atom is -0.394 e. The van der Waals surface area contributed by atoms with E-state index in [1.807, 2.05) is 0 Å². The van der Waals surface area contributed by atoms with Crippen LogP contribution in [0.1, 0.15) is 25.5 Å². The fourth-order valence-electron chi connectivity index (χ4n) is 3.54. The van der Waals surface area contributed by atoms with Crippen LogP contribution in [0.4, 0.5) is 5.82 Å². The normalized spacial score (nSPS) is 35.5. The zero-order valence-corrected chi connectivity index (χ0v) is 13.4. The van der Waals surface area contributed by atoms with Crippen LogP contribution < -0.4 is 5.32 Å². The van der Waals surface area contributed by atoms with Crippen molar-refractivity contribution in [3.05, 3.63) is 12.7 Å². The highest BCUT2D eigenvalue weighted by molar-refractivity contribution is 5.82. The Morgan fingerprint density at radius 2 is 2.00 bits per heavy atom. The number of nitrogens with zero attached hydrogens (tertiary/aromatic N) is 4. The molecule has 0 amide bonds. The van der Waals surface area contributed by atoms with E-state index in [2.05, 4.69) is 20.3 Å². The number of ether oxygens (including phenoxy) is 1. The molecule has 2 fully saturated rings. The Hall–Kier alpha value is -1.85. The Balaban J connectivity index is 1.63. The molecule has 4 rings (SSSR count). The van der Waals surface area contributed by atoms with Gasteiger partial charge in [-0.1, -0.05) is 0 Å². The molecule has 10 nitrogen and oxygen atoms in total. The zero-order valence-electron chi connectivity index (χ0n) is 13.4. The van der Waals surface area contributed by atoms with E-state index in [1.54, 1.807) is 0 Å². The molecule has 10 heteroatoms. The number of anilines is 1. The Bertz CT molecular complexity index is 755. The van der Waals surface area contributed by atoms with Gasteiger partial charge in [-0.3, -0.25) is 4.57 Å². The average molecular weight is 351 g/mol. The third-order valence-corrected chi connectivity index (χ3v) is 4.90. The number of hydrogen-bond donors (Lipinski definition) is 5. The van der Waals surface area contributed by atoms with E-state index in [1.165, 1.54) is 17.2 Å². The second-order valence-electron chi connectivity index (χ2n) is 6.58. The van der Waals surface area contributed by atoms with Gasteiger partial charge in [0.25, 0.3) is 0 Å². The van der Waals surface area contributed by atoms with E-state index in [0.29, 0.717) is 23.4 Å². The minimum atomic E-state index is -1.20. The van der Waals surface area contributed by atoms with Crippen molar-refractivity contribution in [3.8, 4) is 0 Å². The molecule has 2 aromatic heterocycles. The summed E-state index contributed by atoms with van der Waals surface area (Å²) in [7, 11) is 0. The number of aliphatic hydroxyl groups is 4. The Kier molecular flexibility index (Phi) is 4.29. The van der Waals surface area contributed by atoms with Gasteiger partial charge in [0.05, 0.1) is 19.0 Å². The molecule has 1 aliphatic carbocycles. The number of nitrogens with one attached hydrogen (secondary N) is 1. The summed E-state index contributed by atoms with van der Waals surface area (Å²) in [6, 6.07) is 0.118. The van der Waals surface area contributed by atoms with Crippen LogP contribution >= 0.6 is 0 Å². The van der Waals surface area contributed by atoms with Crippen LogP contribution in [0.25, 0.3) is 11.2 Å². The maximum absolute atomic E-state index is 10.2. The molecule has 0 bridgehead atoms. The first-order valence-electron chi connectivity index (χ1n) is 8.33. The summed E-state index contributed by atoms with van der Waals surface area (Å²) in [4.78, 5) is 12.8. The number of fused-ring (bicyclic) bond motifs is 1. The molecule has 6 atom stereocenters. The molecule has 1 saturated carbocycles. The van der Waals surface area contributed by atoms with Crippen LogP contribution in [0, 0.1) is 0 Å². The highest BCUT2D eigenvalue weighted by Crippen LogP contribution is 2.32. The van der Waals surface area contributed by atoms with Gasteiger partial charge in [-0.2, -0.15) is 0 Å². The van der Waals surface area contributed by atoms with Crippen molar-refractivity contribution >= 4 is 17.0 Å². The molecule has 2 aromatic rings. The molecule has 3 heterocycles. The standard InChI is InChI=1S/C15H21N5O5/c21-4-9-11(23)12(24)15(25-9)20-6-18-10-13(16-5-17-14(10)20)19-7-1-2-8(22)3-7/h5-9,11-12,15,21-24H,1-4H2,(H,16,17,19)/t7-,8-,9-,11-,12-,15-/m1/s1. The smallest absolute Gasteiger partial charge is 0.167 e. The first kappa shape index (κ1) is 16.6. The topological polar surface area (TPSA) is 146 Å². The Morgan fingerprint density at radius 3 is 2.68 bits per heavy atom. The molecule has 0 aromatic carbocycles. The summed E-state index contributed by atoms with van der Waals surface area (Å²) in [5, 5.41) is 42.3. The molecule has 1 saturated heterocycles. The maximum Gasteiger partial charge on any atom is 0.167 e. The monoisotopic (exact) mass is 351 g/mol. The lowest BCUT2D eigenvalue weighted by molar-refractivity contribution is -0.0511. The first-order chi connectivity index (χ1) is 12.1. The predicted octanol–water partition coefficient (Wildman–Crippen LogP) is -1.24. The van der Waals surface area contributed by atoms with E-state index >= 15 is 0 Å². The van der Waals surface area contributed by atoms with Gasteiger partial charge >= 0.3 is 0 Å². The number of imidazole rings is 1. The second kappa shape index (κ2) is 6.46. The molecule has 0 unspecified atom stereocenters. The van der Waals surface area contributed by atoms with Gasteiger partial charge in [-0.05, 0) is 19.3 Å². The van der Waals surface area contributed by atoms with Crippen molar-refractivity contribution in [2.24, 2.45) is 0 Å². The van der Waals surface area contributed by atoms with Crippen LogP contribution in [0.15, 0.2) is 12.7 Å². The number of rotatable bonds is 4. The highest BCUT2D eigenvalue weighted by Gasteiger charge is 2.44. The summed E-state index contributed by atoms with van der Waals surface area (Å²) in [6.45, 7) is -0.396. The maximum atomic E-state index is 10.2. The molecule has 1 aliphatic heterocycles. The summed E-state index contributed by atoms with van der Waals surface area (Å²) in [5.74, 6) is 0.551. The third kappa shape index (κ3) is 2.85. The molecule has 0 spiro atoms. The summed E-state index contributed by atoms with van der Waals surface area (Å²) >= 11 is 0. The van der Waals surface area contributed by atoms with Crippen molar-refractivity contribution in [1.82, 2.24) is 19.5 Å². The van der Waals surface area contributed by atoms with Gasteiger partial charge in [0, 0.05) is 6.04 Å². The van der Waals surface area contributed by atoms with Crippen molar-refractivity contribution < 1.29 is 25.2 Å². The molecule has 25 heavy (non-hydrogen) atoms. The molecular formula is C15H21N5O5. The number of aliphatic hydroxyl groups excluding tert-OH is 4. The van der Waals surface area contributed by atoms with E-state index in [0.717, 1.165) is 12.8 Å². The lowest BCUT2D eigenvalue weighted by Gasteiger charge is -2.17. The van der Waals surface area contributed by atoms with Gasteiger partial charge in [0.2, 0.25) is 0 Å². The van der Waals surface area contributed by atoms with E-state index in [9.17, 15) is 20.4 Å². The highest BCUT2D eigenvalue weighted by atomic mass is 16.6. The average Bonchev–Trinajstić information content (AvgIpc) is 3.28. The SMILES string of the molecule is OC[C@H]1O[C@@H](n2cnc3c(N[C@@H]4CC[C@@H](O)C4)ncnc32)[C@H](O)[C@@H]1O. The van der Waals surface area contributed by atoms with E-state index < -0.39 is 31.1 Å². The van der Waals surface area contributed by atoms with Crippen LogP contribution in [0.5, 0.6) is 0 Å². The van der Waals surface area contributed by atoms with Gasteiger partial charge < -0.3 is 30.5 Å². The molecule has 136 valence electrons. The fraction of sp³-hybridized carbons (Fsp3) is 0.667. The van der Waals surface area contributed by atoms with Crippen molar-refractivity contribution in [2.75, 3.05) is 11.9 Å². The van der Waals surface area contributed by atoms with Gasteiger partial charge in [0.15, 0.2) is 23.2 Å². The molecule has 0 radical (unpaired) electrons. The second-order valence-corrected chi connectivity index (χ2v) is 6.58. The first-order valence-corrected chi connectivity index (χ1v) is 8.33. The lowest BCUT2D eigenvalue weighted by atomic mass is 10.1. The van der Waals surface area contributed by atoms with Gasteiger partial charge in [0.1, 0.15) is 24.6 Å². The van der Waals surface area contributed by atoms with Crippen LogP contribution in [-0.2, 0) is 4.74 Å². The summed E-state index contributed by atoms with van der Waals surface area (Å²) in [6.07, 6.45) is 0.657. The quantitative estimate of drug-likeness (QED) is 0.456. The van der Waals surface area contributed by atoms with Crippen LogP contribution in [0.2, 0.25) is 0 Å². The Labute approximate surface area is 143 Å². The minimum absolute atomic E-state index is 0.118. The lowest BCUT2D eigenvalue weighted by Crippen LogP contribution is -2.33. The molecular weight excluding hydrogens is 330 g/mol. The van der Waals surface area contributed by atoms with Crippen LogP contribution in [0.3, 0.4) is 0 Å². The van der Waals surface area contributed by atoms with Crippen LogP contribution in [-0.4, -0.2) is 77.0 Å². The van der Waals surface area contributed by atoms with E-state index in [4.69, 9.17) is 4.74 Å². The third-order valence-electron chi connectivity index (χ3n) is 4.90. The Morgan fingerprint density at radius 1 is 1.16 bits per heavy atom. The molecule has 5 N–H and O–H groups in total. The van der Waals surface area contributed by atoms with E-state index in [-0.39, 0.29) is 12.1 Å². The number of hydrogen-bond acceptors (Lipinski definition) is 9. The largest absolute Gasteiger partial charge is 0.394 e. The number of aromatic nitrogens is 4. The van der Waals surface area contributed by atoms with Crippen molar-refractivity contribution in [2.45, 2.75) is 55.9 Å². The van der Waals surface area contributed by atoms with Crippen molar-refractivity contribution in [3.63, 3.8) is 0 Å². The zero-order chi connectivity index (χ0) is 17.6. The molecule has 2 aliphatic rings. The fourth-order valence-corrected chi connectivity index (χ4v) is 3.54. The summed E-state index contributed by atoms with van der Waals surface area (Å²) < 4.78 is 7.06. The van der Waals surface area contributed by atoms with Crippen molar-refractivity contribution in [1.29, 1.82) is 0 Å². The van der Waals surface area contributed by atoms with Gasteiger partial charge in [-0.15, -0.1) is 0 Å². The summed E-state index contributed by atoms with van der Waals surface area (Å²) in [5.41, 5.74) is 0.965. The predicted molar refractivity (Wildman–Crippen MR) is 85.6 cm³/mol.